The lowest BCUT2D eigenvalue weighted by Gasteiger charge is -2.20. The topological polar surface area (TPSA) is 90.1 Å². The van der Waals surface area contributed by atoms with Crippen molar-refractivity contribution in [1.29, 1.82) is 0 Å². The summed E-state index contributed by atoms with van der Waals surface area (Å²) in [7, 11) is 0. The average Bonchev–Trinajstić information content (AvgIpc) is 3.02. The lowest BCUT2D eigenvalue weighted by Crippen LogP contribution is -2.34. The van der Waals surface area contributed by atoms with Crippen LogP contribution in [0.2, 0.25) is 0 Å². The Kier molecular flexibility index (Phi) is 4.88. The standard InChI is InChI=1S/C15H18N4O3/c1-3-14(12-7-5-4-6-8-12)17-15(20)11(2)18-10-13(9-16-18)19(21)22/h4-11,14H,3H2,1-2H3,(H,17,20). The van der Waals surface area contributed by atoms with Gasteiger partial charge in [0, 0.05) is 0 Å². The molecule has 1 aromatic heterocycles. The molecule has 1 amide bonds. The maximum absolute atomic E-state index is 12.3. The van der Waals surface area contributed by atoms with Gasteiger partial charge in [-0.05, 0) is 18.9 Å². The van der Waals surface area contributed by atoms with E-state index < -0.39 is 11.0 Å². The molecule has 2 aromatic rings. The Morgan fingerprint density at radius 3 is 2.64 bits per heavy atom. The van der Waals surface area contributed by atoms with Gasteiger partial charge in [-0.25, -0.2) is 0 Å². The Balaban J connectivity index is 2.08. The fraction of sp³-hybridized carbons (Fsp3) is 0.333. The van der Waals surface area contributed by atoms with E-state index in [1.54, 1.807) is 6.92 Å². The molecular weight excluding hydrogens is 284 g/mol. The molecule has 116 valence electrons. The molecule has 0 spiro atoms. The smallest absolute Gasteiger partial charge is 0.307 e. The van der Waals surface area contributed by atoms with Gasteiger partial charge in [0.2, 0.25) is 5.91 Å². The van der Waals surface area contributed by atoms with Crippen LogP contribution in [0, 0.1) is 10.1 Å². The van der Waals surface area contributed by atoms with Crippen LogP contribution in [0.3, 0.4) is 0 Å². The minimum absolute atomic E-state index is 0.0956. The molecule has 1 heterocycles. The van der Waals surface area contributed by atoms with Crippen LogP contribution in [0.1, 0.15) is 37.9 Å². The highest BCUT2D eigenvalue weighted by Gasteiger charge is 2.21. The monoisotopic (exact) mass is 302 g/mol. The van der Waals surface area contributed by atoms with Gasteiger partial charge in [0.25, 0.3) is 0 Å². The van der Waals surface area contributed by atoms with E-state index in [2.05, 4.69) is 10.4 Å². The SMILES string of the molecule is CCC(NC(=O)C(C)n1cc([N+](=O)[O-])cn1)c1ccccc1. The van der Waals surface area contributed by atoms with Crippen LogP contribution in [0.15, 0.2) is 42.7 Å². The Labute approximate surface area is 128 Å². The highest BCUT2D eigenvalue weighted by molar-refractivity contribution is 5.80. The molecule has 0 radical (unpaired) electrons. The molecule has 2 rings (SSSR count). The van der Waals surface area contributed by atoms with Gasteiger partial charge in [-0.1, -0.05) is 37.3 Å². The van der Waals surface area contributed by atoms with Crippen LogP contribution in [-0.2, 0) is 4.79 Å². The van der Waals surface area contributed by atoms with E-state index in [0.717, 1.165) is 18.2 Å². The summed E-state index contributed by atoms with van der Waals surface area (Å²) in [6, 6.07) is 8.96. The average molecular weight is 302 g/mol. The predicted molar refractivity (Wildman–Crippen MR) is 81.2 cm³/mol. The van der Waals surface area contributed by atoms with E-state index in [4.69, 9.17) is 0 Å². The summed E-state index contributed by atoms with van der Waals surface area (Å²) in [6.07, 6.45) is 3.15. The molecule has 2 atom stereocenters. The summed E-state index contributed by atoms with van der Waals surface area (Å²) >= 11 is 0. The first-order valence-corrected chi connectivity index (χ1v) is 7.06. The molecular formula is C15H18N4O3. The molecule has 0 saturated heterocycles. The van der Waals surface area contributed by atoms with E-state index >= 15 is 0 Å². The molecule has 1 N–H and O–H groups in total. The van der Waals surface area contributed by atoms with Gasteiger partial charge in [0.05, 0.1) is 11.0 Å². The van der Waals surface area contributed by atoms with Crippen molar-refractivity contribution >= 4 is 11.6 Å². The second-order valence-electron chi connectivity index (χ2n) is 4.99. The second-order valence-corrected chi connectivity index (χ2v) is 4.99. The number of nitrogens with one attached hydrogen (secondary N) is 1. The normalized spacial score (nSPS) is 13.4. The van der Waals surface area contributed by atoms with Gasteiger partial charge >= 0.3 is 5.69 Å². The summed E-state index contributed by atoms with van der Waals surface area (Å²) < 4.78 is 1.30. The van der Waals surface area contributed by atoms with Gasteiger partial charge in [-0.2, -0.15) is 5.10 Å². The molecule has 0 saturated carbocycles. The molecule has 2 unspecified atom stereocenters. The lowest BCUT2D eigenvalue weighted by atomic mass is 10.0. The van der Waals surface area contributed by atoms with Gasteiger partial charge in [0.1, 0.15) is 18.4 Å². The largest absolute Gasteiger partial charge is 0.347 e. The number of rotatable bonds is 6. The molecule has 22 heavy (non-hydrogen) atoms. The minimum atomic E-state index is -0.619. The molecule has 7 nitrogen and oxygen atoms in total. The van der Waals surface area contributed by atoms with Crippen LogP contribution >= 0.6 is 0 Å². The number of aromatic nitrogens is 2. The third kappa shape index (κ3) is 3.49. The van der Waals surface area contributed by atoms with E-state index in [1.807, 2.05) is 37.3 Å². The number of carbonyl (C=O) groups excluding carboxylic acids is 1. The Bertz CT molecular complexity index is 654. The van der Waals surface area contributed by atoms with Crippen LogP contribution in [0.25, 0.3) is 0 Å². The van der Waals surface area contributed by atoms with Crippen LogP contribution < -0.4 is 5.32 Å². The minimum Gasteiger partial charge on any atom is -0.347 e. The first-order chi connectivity index (χ1) is 10.5. The van der Waals surface area contributed by atoms with E-state index in [-0.39, 0.29) is 17.6 Å². The number of hydrogen-bond donors (Lipinski definition) is 1. The predicted octanol–water partition coefficient (Wildman–Crippen LogP) is 2.62. The van der Waals surface area contributed by atoms with Crippen molar-refractivity contribution < 1.29 is 9.72 Å². The summed E-state index contributed by atoms with van der Waals surface area (Å²) in [5, 5.41) is 17.5. The van der Waals surface area contributed by atoms with Gasteiger partial charge in [-0.15, -0.1) is 0 Å². The van der Waals surface area contributed by atoms with Crippen LogP contribution in [0.5, 0.6) is 0 Å². The molecule has 0 bridgehead atoms. The first-order valence-electron chi connectivity index (χ1n) is 7.06. The highest BCUT2D eigenvalue weighted by atomic mass is 16.6. The van der Waals surface area contributed by atoms with Crippen molar-refractivity contribution in [3.63, 3.8) is 0 Å². The van der Waals surface area contributed by atoms with Gasteiger partial charge in [0.15, 0.2) is 0 Å². The van der Waals surface area contributed by atoms with Crippen molar-refractivity contribution in [2.75, 3.05) is 0 Å². The third-order valence-electron chi connectivity index (χ3n) is 3.50. The Hall–Kier alpha value is -2.70. The summed E-state index contributed by atoms with van der Waals surface area (Å²) in [5.41, 5.74) is 0.895. The summed E-state index contributed by atoms with van der Waals surface area (Å²) in [5.74, 6) is -0.228. The Morgan fingerprint density at radius 2 is 2.09 bits per heavy atom. The molecule has 0 fully saturated rings. The van der Waals surface area contributed by atoms with Crippen molar-refractivity contribution in [2.45, 2.75) is 32.4 Å². The zero-order chi connectivity index (χ0) is 16.1. The van der Waals surface area contributed by atoms with Crippen LogP contribution in [0.4, 0.5) is 5.69 Å². The fourth-order valence-corrected chi connectivity index (χ4v) is 2.15. The zero-order valence-electron chi connectivity index (χ0n) is 12.5. The second kappa shape index (κ2) is 6.84. The van der Waals surface area contributed by atoms with Crippen molar-refractivity contribution in [3.8, 4) is 0 Å². The van der Waals surface area contributed by atoms with E-state index in [0.29, 0.717) is 0 Å². The highest BCUT2D eigenvalue weighted by Crippen LogP contribution is 2.18. The Morgan fingerprint density at radius 1 is 1.41 bits per heavy atom. The van der Waals surface area contributed by atoms with Gasteiger partial charge < -0.3 is 5.32 Å². The fourth-order valence-electron chi connectivity index (χ4n) is 2.15. The number of carbonyl (C=O) groups is 1. The number of benzene rings is 1. The lowest BCUT2D eigenvalue weighted by molar-refractivity contribution is -0.385. The summed E-state index contributed by atoms with van der Waals surface area (Å²) in [6.45, 7) is 3.64. The maximum atomic E-state index is 12.3. The van der Waals surface area contributed by atoms with Gasteiger partial charge in [-0.3, -0.25) is 19.6 Å². The van der Waals surface area contributed by atoms with Crippen molar-refractivity contribution in [2.24, 2.45) is 0 Å². The number of hydrogen-bond acceptors (Lipinski definition) is 4. The number of amides is 1. The first kappa shape index (κ1) is 15.7. The van der Waals surface area contributed by atoms with Crippen molar-refractivity contribution in [1.82, 2.24) is 15.1 Å². The molecule has 0 aliphatic carbocycles. The summed E-state index contributed by atoms with van der Waals surface area (Å²) in [4.78, 5) is 22.5. The number of nitrogens with zero attached hydrogens (tertiary/aromatic N) is 3. The van der Waals surface area contributed by atoms with Crippen LogP contribution in [-0.4, -0.2) is 20.6 Å². The van der Waals surface area contributed by atoms with E-state index in [1.165, 1.54) is 10.9 Å². The van der Waals surface area contributed by atoms with E-state index in [9.17, 15) is 14.9 Å². The quantitative estimate of drug-likeness (QED) is 0.656. The third-order valence-corrected chi connectivity index (χ3v) is 3.50. The molecule has 0 aliphatic rings. The zero-order valence-corrected chi connectivity index (χ0v) is 12.5. The van der Waals surface area contributed by atoms with Crippen molar-refractivity contribution in [3.05, 3.63) is 58.4 Å². The molecule has 1 aromatic carbocycles. The number of nitro groups is 1. The molecule has 0 aliphatic heterocycles. The maximum Gasteiger partial charge on any atom is 0.307 e. The molecule has 7 heteroatoms.